The molecule has 0 bridgehead atoms. The van der Waals surface area contributed by atoms with Gasteiger partial charge in [0.1, 0.15) is 29.8 Å². The van der Waals surface area contributed by atoms with Crippen molar-refractivity contribution in [3.63, 3.8) is 0 Å². The van der Waals surface area contributed by atoms with Crippen molar-refractivity contribution >= 4 is 23.0 Å². The largest absolute Gasteiger partial charge is 0.467 e. The second kappa shape index (κ2) is 6.89. The van der Waals surface area contributed by atoms with Crippen molar-refractivity contribution in [3.05, 3.63) is 65.8 Å². The molecule has 4 aromatic rings. The zero-order valence-electron chi connectivity index (χ0n) is 14.5. The molecule has 0 saturated carbocycles. The third-order valence-corrected chi connectivity index (χ3v) is 5.18. The zero-order valence-corrected chi connectivity index (χ0v) is 15.3. The Morgan fingerprint density at radius 2 is 2.07 bits per heavy atom. The highest BCUT2D eigenvalue weighted by Gasteiger charge is 2.36. The first kappa shape index (κ1) is 16.6. The molecule has 0 saturated heterocycles. The van der Waals surface area contributed by atoms with Gasteiger partial charge in [0, 0.05) is 6.42 Å². The van der Waals surface area contributed by atoms with Crippen LogP contribution in [-0.4, -0.2) is 36.8 Å². The summed E-state index contributed by atoms with van der Waals surface area (Å²) in [6.45, 7) is -0.0789. The number of carbonyl (C=O) groups excluding carboxylic acids is 1. The van der Waals surface area contributed by atoms with Gasteiger partial charge in [0.2, 0.25) is 5.82 Å². The van der Waals surface area contributed by atoms with Gasteiger partial charge < -0.3 is 8.83 Å². The fourth-order valence-electron chi connectivity index (χ4n) is 3.04. The number of nitrogens with zero attached hydrogens (tertiary/aromatic N) is 6. The minimum atomic E-state index is -0.345. The summed E-state index contributed by atoms with van der Waals surface area (Å²) in [6.07, 6.45) is 3.66. The predicted octanol–water partition coefficient (Wildman–Crippen LogP) is 2.97. The summed E-state index contributed by atoms with van der Waals surface area (Å²) in [5, 5.41) is 20.1. The normalized spacial score (nSPS) is 16.5. The summed E-state index contributed by atoms with van der Waals surface area (Å²) in [4.78, 5) is 15.1. The van der Waals surface area contributed by atoms with Gasteiger partial charge in [0.15, 0.2) is 0 Å². The fourth-order valence-corrected chi connectivity index (χ4v) is 3.69. The van der Waals surface area contributed by atoms with Crippen molar-refractivity contribution in [1.29, 1.82) is 0 Å². The van der Waals surface area contributed by atoms with Crippen molar-refractivity contribution in [1.82, 2.24) is 25.2 Å². The molecular weight excluding hydrogens is 380 g/mol. The molecule has 0 N–H and O–H groups in total. The summed E-state index contributed by atoms with van der Waals surface area (Å²) in [5.74, 6) is 1.51. The number of tetrazole rings is 1. The smallest absolute Gasteiger partial charge is 0.267 e. The van der Waals surface area contributed by atoms with Crippen LogP contribution in [0.5, 0.6) is 0 Å². The van der Waals surface area contributed by atoms with E-state index in [-0.39, 0.29) is 18.5 Å². The molecule has 1 aliphatic rings. The minimum Gasteiger partial charge on any atom is -0.467 e. The van der Waals surface area contributed by atoms with Gasteiger partial charge in [-0.2, -0.15) is 9.90 Å². The van der Waals surface area contributed by atoms with E-state index in [1.807, 2.05) is 29.6 Å². The van der Waals surface area contributed by atoms with E-state index >= 15 is 0 Å². The van der Waals surface area contributed by atoms with Gasteiger partial charge in [-0.1, -0.05) is 6.07 Å². The van der Waals surface area contributed by atoms with Crippen LogP contribution in [0.1, 0.15) is 24.0 Å². The molecule has 0 radical (unpaired) electrons. The number of aromatic nitrogens is 4. The van der Waals surface area contributed by atoms with Crippen LogP contribution < -0.4 is 0 Å². The molecule has 0 fully saturated rings. The lowest BCUT2D eigenvalue weighted by Crippen LogP contribution is -2.31. The van der Waals surface area contributed by atoms with Crippen LogP contribution in [0.15, 0.2) is 68.2 Å². The van der Waals surface area contributed by atoms with Crippen LogP contribution in [0, 0.1) is 0 Å². The highest BCUT2D eigenvalue weighted by Crippen LogP contribution is 2.33. The summed E-state index contributed by atoms with van der Waals surface area (Å²) in [5.41, 5.74) is 0.686. The Bertz CT molecular complexity index is 1100. The fraction of sp³-hybridized carbons (Fsp3) is 0.167. The van der Waals surface area contributed by atoms with Crippen LogP contribution >= 0.6 is 11.3 Å². The Kier molecular flexibility index (Phi) is 4.09. The van der Waals surface area contributed by atoms with Crippen molar-refractivity contribution in [2.45, 2.75) is 19.0 Å². The van der Waals surface area contributed by atoms with E-state index in [0.29, 0.717) is 29.5 Å². The molecule has 9 nitrogen and oxygen atoms in total. The Morgan fingerprint density at radius 1 is 1.18 bits per heavy atom. The number of furan rings is 2. The molecule has 5 heterocycles. The number of thiophene rings is 1. The van der Waals surface area contributed by atoms with E-state index in [1.165, 1.54) is 21.1 Å². The highest BCUT2D eigenvalue weighted by molar-refractivity contribution is 7.13. The van der Waals surface area contributed by atoms with E-state index in [1.54, 1.807) is 24.7 Å². The number of hydrogen-bond acceptors (Lipinski definition) is 8. The molecule has 4 aromatic heterocycles. The quantitative estimate of drug-likeness (QED) is 0.516. The third kappa shape index (κ3) is 3.03. The first-order chi connectivity index (χ1) is 13.8. The van der Waals surface area contributed by atoms with Crippen LogP contribution in [0.3, 0.4) is 0 Å². The SMILES string of the molecule is O=C(Cn1nnc(-c2cccs2)n1)N1N=C(c2ccco2)C[C@H]1c1ccco1. The van der Waals surface area contributed by atoms with E-state index in [0.717, 1.165) is 4.88 Å². The maximum Gasteiger partial charge on any atom is 0.267 e. The molecule has 0 aliphatic carbocycles. The zero-order chi connectivity index (χ0) is 18.9. The predicted molar refractivity (Wildman–Crippen MR) is 99.3 cm³/mol. The molecule has 5 rings (SSSR count). The number of amides is 1. The molecule has 0 aromatic carbocycles. The van der Waals surface area contributed by atoms with E-state index in [2.05, 4.69) is 20.5 Å². The number of hydrazone groups is 1. The van der Waals surface area contributed by atoms with Crippen molar-refractivity contribution in [2.24, 2.45) is 5.10 Å². The molecule has 28 heavy (non-hydrogen) atoms. The monoisotopic (exact) mass is 394 g/mol. The number of hydrogen-bond donors (Lipinski definition) is 0. The second-order valence-corrected chi connectivity index (χ2v) is 7.07. The maximum atomic E-state index is 13.0. The molecule has 140 valence electrons. The lowest BCUT2D eigenvalue weighted by atomic mass is 10.1. The van der Waals surface area contributed by atoms with Gasteiger partial charge in [-0.05, 0) is 40.9 Å². The van der Waals surface area contributed by atoms with E-state index in [4.69, 9.17) is 8.83 Å². The molecule has 10 heteroatoms. The Balaban J connectivity index is 1.39. The summed E-state index contributed by atoms with van der Waals surface area (Å²) < 4.78 is 11.0. The van der Waals surface area contributed by atoms with E-state index in [9.17, 15) is 4.79 Å². The first-order valence-electron chi connectivity index (χ1n) is 8.56. The van der Waals surface area contributed by atoms with Crippen LogP contribution in [0.2, 0.25) is 0 Å². The van der Waals surface area contributed by atoms with Gasteiger partial charge in [-0.3, -0.25) is 4.79 Å². The van der Waals surface area contributed by atoms with Gasteiger partial charge in [-0.15, -0.1) is 21.5 Å². The second-order valence-electron chi connectivity index (χ2n) is 6.12. The molecule has 0 unspecified atom stereocenters. The molecule has 0 spiro atoms. The summed E-state index contributed by atoms with van der Waals surface area (Å²) >= 11 is 1.51. The average Bonchev–Trinajstić information content (AvgIpc) is 3.53. The van der Waals surface area contributed by atoms with Crippen molar-refractivity contribution < 1.29 is 13.6 Å². The van der Waals surface area contributed by atoms with Crippen molar-refractivity contribution in [3.8, 4) is 10.7 Å². The van der Waals surface area contributed by atoms with Gasteiger partial charge in [0.05, 0.1) is 17.4 Å². The van der Waals surface area contributed by atoms with Gasteiger partial charge >= 0.3 is 0 Å². The van der Waals surface area contributed by atoms with Crippen molar-refractivity contribution in [2.75, 3.05) is 0 Å². The van der Waals surface area contributed by atoms with Crippen LogP contribution in [-0.2, 0) is 11.3 Å². The molecule has 1 amide bonds. The van der Waals surface area contributed by atoms with Gasteiger partial charge in [0.25, 0.3) is 5.91 Å². The lowest BCUT2D eigenvalue weighted by molar-refractivity contribution is -0.134. The number of rotatable bonds is 5. The first-order valence-corrected chi connectivity index (χ1v) is 9.44. The Labute approximate surface area is 162 Å². The Hall–Kier alpha value is -3.53. The van der Waals surface area contributed by atoms with Crippen LogP contribution in [0.4, 0.5) is 0 Å². The molecule has 1 atom stereocenters. The highest BCUT2D eigenvalue weighted by atomic mass is 32.1. The maximum absolute atomic E-state index is 13.0. The lowest BCUT2D eigenvalue weighted by Gasteiger charge is -2.19. The topological polar surface area (TPSA) is 103 Å². The van der Waals surface area contributed by atoms with Crippen LogP contribution in [0.25, 0.3) is 10.7 Å². The van der Waals surface area contributed by atoms with Gasteiger partial charge in [-0.25, -0.2) is 5.01 Å². The summed E-state index contributed by atoms with van der Waals surface area (Å²) in [7, 11) is 0. The van der Waals surface area contributed by atoms with E-state index < -0.39 is 0 Å². The summed E-state index contributed by atoms with van der Waals surface area (Å²) in [6, 6.07) is 10.7. The Morgan fingerprint density at radius 3 is 2.82 bits per heavy atom. The molecular formula is C18H14N6O3S. The minimum absolute atomic E-state index is 0.0789. The molecule has 1 aliphatic heterocycles. The average molecular weight is 394 g/mol. The number of carbonyl (C=O) groups is 1. The standard InChI is InChI=1S/C18H14N6O3S/c25-17(11-23-21-18(19-22-23)16-6-3-9-28-16)24-13(15-5-2-8-27-15)10-12(20-24)14-4-1-7-26-14/h1-9,13H,10-11H2/t13-/m0/s1. The third-order valence-electron chi connectivity index (χ3n) is 4.31.